The summed E-state index contributed by atoms with van der Waals surface area (Å²) >= 11 is 0. The SMILES string of the molecule is CCc1nn2c(c1C)NCCC2c1ccc(C(C)C)cc1. The van der Waals surface area contributed by atoms with Crippen molar-refractivity contribution in [1.82, 2.24) is 9.78 Å². The molecule has 1 atom stereocenters. The molecule has 21 heavy (non-hydrogen) atoms. The fraction of sp³-hybridized carbons (Fsp3) is 0.500. The number of nitrogens with one attached hydrogen (secondary N) is 1. The molecule has 0 saturated heterocycles. The highest BCUT2D eigenvalue weighted by Gasteiger charge is 2.25. The van der Waals surface area contributed by atoms with E-state index in [2.05, 4.69) is 62.0 Å². The molecule has 1 aliphatic heterocycles. The van der Waals surface area contributed by atoms with Crippen LogP contribution in [0.2, 0.25) is 0 Å². The van der Waals surface area contributed by atoms with Crippen molar-refractivity contribution in [3.63, 3.8) is 0 Å². The van der Waals surface area contributed by atoms with Crippen molar-refractivity contribution in [2.24, 2.45) is 0 Å². The number of aryl methyl sites for hydroxylation is 1. The molecule has 112 valence electrons. The van der Waals surface area contributed by atoms with Gasteiger partial charge in [-0.1, -0.05) is 45.0 Å². The van der Waals surface area contributed by atoms with E-state index in [0.29, 0.717) is 12.0 Å². The van der Waals surface area contributed by atoms with Gasteiger partial charge in [-0.05, 0) is 36.8 Å². The average molecular weight is 283 g/mol. The number of anilines is 1. The Morgan fingerprint density at radius 1 is 1.29 bits per heavy atom. The summed E-state index contributed by atoms with van der Waals surface area (Å²) in [7, 11) is 0. The third kappa shape index (κ3) is 2.45. The zero-order valence-electron chi connectivity index (χ0n) is 13.5. The summed E-state index contributed by atoms with van der Waals surface area (Å²) in [6, 6.07) is 9.44. The van der Waals surface area contributed by atoms with Gasteiger partial charge in [0.2, 0.25) is 0 Å². The molecule has 3 rings (SSSR count). The van der Waals surface area contributed by atoms with E-state index in [-0.39, 0.29) is 0 Å². The maximum Gasteiger partial charge on any atom is 0.128 e. The molecule has 2 aromatic rings. The predicted octanol–water partition coefficient (Wildman–Crippen LogP) is 4.28. The summed E-state index contributed by atoms with van der Waals surface area (Å²) in [4.78, 5) is 0. The zero-order valence-corrected chi connectivity index (χ0v) is 13.5. The van der Waals surface area contributed by atoms with Crippen molar-refractivity contribution in [2.45, 2.75) is 52.5 Å². The molecule has 0 saturated carbocycles. The van der Waals surface area contributed by atoms with Crippen LogP contribution in [-0.4, -0.2) is 16.3 Å². The Hall–Kier alpha value is -1.77. The molecule has 3 heteroatoms. The second kappa shape index (κ2) is 5.55. The van der Waals surface area contributed by atoms with E-state index in [1.807, 2.05) is 0 Å². The third-order valence-electron chi connectivity index (χ3n) is 4.57. The lowest BCUT2D eigenvalue weighted by atomic mass is 9.97. The molecule has 1 N–H and O–H groups in total. The van der Waals surface area contributed by atoms with Crippen LogP contribution in [0.15, 0.2) is 24.3 Å². The van der Waals surface area contributed by atoms with Crippen molar-refractivity contribution >= 4 is 5.82 Å². The Bertz CT molecular complexity index is 623. The van der Waals surface area contributed by atoms with Crippen molar-refractivity contribution < 1.29 is 0 Å². The minimum atomic E-state index is 0.362. The number of rotatable bonds is 3. The first-order chi connectivity index (χ1) is 10.1. The lowest BCUT2D eigenvalue weighted by Gasteiger charge is -2.26. The first-order valence-electron chi connectivity index (χ1n) is 8.03. The fourth-order valence-electron chi connectivity index (χ4n) is 3.20. The zero-order chi connectivity index (χ0) is 15.0. The highest BCUT2D eigenvalue weighted by molar-refractivity contribution is 5.49. The van der Waals surface area contributed by atoms with Gasteiger partial charge in [-0.25, -0.2) is 4.68 Å². The Morgan fingerprint density at radius 2 is 2.00 bits per heavy atom. The van der Waals surface area contributed by atoms with Crippen LogP contribution in [0, 0.1) is 6.92 Å². The topological polar surface area (TPSA) is 29.9 Å². The number of benzene rings is 1. The summed E-state index contributed by atoms with van der Waals surface area (Å²) < 4.78 is 2.20. The van der Waals surface area contributed by atoms with Crippen molar-refractivity contribution in [1.29, 1.82) is 0 Å². The Balaban J connectivity index is 1.98. The van der Waals surface area contributed by atoms with Crippen LogP contribution in [0.3, 0.4) is 0 Å². The maximum atomic E-state index is 4.84. The van der Waals surface area contributed by atoms with Crippen LogP contribution >= 0.6 is 0 Å². The van der Waals surface area contributed by atoms with Gasteiger partial charge in [0.1, 0.15) is 5.82 Å². The van der Waals surface area contributed by atoms with Crippen LogP contribution in [-0.2, 0) is 6.42 Å². The van der Waals surface area contributed by atoms with Gasteiger partial charge in [0.25, 0.3) is 0 Å². The first-order valence-corrected chi connectivity index (χ1v) is 8.03. The second-order valence-corrected chi connectivity index (χ2v) is 6.27. The fourth-order valence-corrected chi connectivity index (χ4v) is 3.20. The van der Waals surface area contributed by atoms with E-state index in [4.69, 9.17) is 5.10 Å². The van der Waals surface area contributed by atoms with Gasteiger partial charge < -0.3 is 5.32 Å². The summed E-state index contributed by atoms with van der Waals surface area (Å²) in [6.45, 7) is 9.85. The number of fused-ring (bicyclic) bond motifs is 1. The summed E-state index contributed by atoms with van der Waals surface area (Å²) in [5.74, 6) is 1.79. The van der Waals surface area contributed by atoms with E-state index in [0.717, 1.165) is 19.4 Å². The first kappa shape index (κ1) is 14.2. The second-order valence-electron chi connectivity index (χ2n) is 6.27. The standard InChI is InChI=1S/C18H25N3/c1-5-16-13(4)18-19-11-10-17(21(18)20-16)15-8-6-14(7-9-15)12(2)3/h6-9,12,17,19H,5,10-11H2,1-4H3. The van der Waals surface area contributed by atoms with Crippen molar-refractivity contribution in [3.8, 4) is 0 Å². The summed E-state index contributed by atoms with van der Waals surface area (Å²) in [5, 5.41) is 8.35. The molecule has 0 radical (unpaired) electrons. The van der Waals surface area contributed by atoms with Crippen LogP contribution < -0.4 is 5.32 Å². The van der Waals surface area contributed by atoms with Crippen LogP contribution in [0.25, 0.3) is 0 Å². The molecule has 0 bridgehead atoms. The van der Waals surface area contributed by atoms with E-state index < -0.39 is 0 Å². The van der Waals surface area contributed by atoms with Gasteiger partial charge in [0.15, 0.2) is 0 Å². The van der Waals surface area contributed by atoms with Gasteiger partial charge >= 0.3 is 0 Å². The average Bonchev–Trinajstić information content (AvgIpc) is 2.84. The Morgan fingerprint density at radius 3 is 2.62 bits per heavy atom. The molecule has 1 aromatic carbocycles. The lowest BCUT2D eigenvalue weighted by molar-refractivity contribution is 0.478. The van der Waals surface area contributed by atoms with E-state index in [1.54, 1.807) is 0 Å². The third-order valence-corrected chi connectivity index (χ3v) is 4.57. The molecule has 2 heterocycles. The lowest BCUT2D eigenvalue weighted by Crippen LogP contribution is -2.24. The molecule has 0 aliphatic carbocycles. The van der Waals surface area contributed by atoms with Gasteiger partial charge in [0.05, 0.1) is 11.7 Å². The van der Waals surface area contributed by atoms with E-state index >= 15 is 0 Å². The largest absolute Gasteiger partial charge is 0.370 e. The monoisotopic (exact) mass is 283 g/mol. The normalized spacial score (nSPS) is 17.7. The number of hydrogen-bond donors (Lipinski definition) is 1. The number of aromatic nitrogens is 2. The Labute approximate surface area is 127 Å². The molecule has 3 nitrogen and oxygen atoms in total. The van der Waals surface area contributed by atoms with Crippen molar-refractivity contribution in [2.75, 3.05) is 11.9 Å². The number of hydrogen-bond acceptors (Lipinski definition) is 2. The predicted molar refractivity (Wildman–Crippen MR) is 88.1 cm³/mol. The van der Waals surface area contributed by atoms with E-state index in [9.17, 15) is 0 Å². The minimum Gasteiger partial charge on any atom is -0.370 e. The summed E-state index contributed by atoms with van der Waals surface area (Å²) in [6.07, 6.45) is 2.09. The van der Waals surface area contributed by atoms with E-state index in [1.165, 1.54) is 28.2 Å². The van der Waals surface area contributed by atoms with Crippen molar-refractivity contribution in [3.05, 3.63) is 46.6 Å². The minimum absolute atomic E-state index is 0.362. The molecule has 1 unspecified atom stereocenters. The molecular formula is C18H25N3. The molecule has 1 aliphatic rings. The maximum absolute atomic E-state index is 4.84. The summed E-state index contributed by atoms with van der Waals surface area (Å²) in [5.41, 5.74) is 5.29. The van der Waals surface area contributed by atoms with Crippen LogP contribution in [0.5, 0.6) is 0 Å². The molecule has 0 amide bonds. The smallest absolute Gasteiger partial charge is 0.128 e. The highest BCUT2D eigenvalue weighted by atomic mass is 15.4. The van der Waals surface area contributed by atoms with Crippen LogP contribution in [0.1, 0.15) is 61.5 Å². The molecule has 0 spiro atoms. The van der Waals surface area contributed by atoms with Gasteiger partial charge in [-0.2, -0.15) is 5.10 Å². The quantitative estimate of drug-likeness (QED) is 0.911. The Kier molecular flexibility index (Phi) is 3.75. The molecular weight excluding hydrogens is 258 g/mol. The van der Waals surface area contributed by atoms with Gasteiger partial charge in [-0.15, -0.1) is 0 Å². The van der Waals surface area contributed by atoms with Crippen LogP contribution in [0.4, 0.5) is 5.82 Å². The molecule has 1 aromatic heterocycles. The number of nitrogens with zero attached hydrogens (tertiary/aromatic N) is 2. The molecule has 0 fully saturated rings. The van der Waals surface area contributed by atoms with Gasteiger partial charge in [-0.3, -0.25) is 0 Å². The van der Waals surface area contributed by atoms with Gasteiger partial charge in [0, 0.05) is 12.1 Å². The highest BCUT2D eigenvalue weighted by Crippen LogP contribution is 2.33.